The van der Waals surface area contributed by atoms with Crippen LogP contribution in [0.3, 0.4) is 0 Å². The molecule has 0 saturated carbocycles. The van der Waals surface area contributed by atoms with E-state index in [1.807, 2.05) is 13.8 Å². The summed E-state index contributed by atoms with van der Waals surface area (Å²) in [5, 5.41) is 3.72. The highest BCUT2D eigenvalue weighted by atomic mass is 35.5. The summed E-state index contributed by atoms with van der Waals surface area (Å²) in [6.07, 6.45) is 0.661. The Morgan fingerprint density at radius 3 is 2.64 bits per heavy atom. The number of hydrogen-bond acceptors (Lipinski definition) is 3. The zero-order chi connectivity index (χ0) is 8.43. The molecule has 11 heavy (non-hydrogen) atoms. The van der Waals surface area contributed by atoms with Gasteiger partial charge in [-0.3, -0.25) is 4.79 Å². The molecule has 0 saturated heterocycles. The van der Waals surface area contributed by atoms with Crippen molar-refractivity contribution < 1.29 is 9.32 Å². The second-order valence-corrected chi connectivity index (χ2v) is 2.87. The van der Waals surface area contributed by atoms with Crippen molar-refractivity contribution in [2.24, 2.45) is 0 Å². The minimum atomic E-state index is 0.0729. The van der Waals surface area contributed by atoms with E-state index < -0.39 is 0 Å². The van der Waals surface area contributed by atoms with Crippen molar-refractivity contribution in [3.05, 3.63) is 16.5 Å². The lowest BCUT2D eigenvalue weighted by molar-refractivity contribution is 0.112. The van der Waals surface area contributed by atoms with Gasteiger partial charge in [0.1, 0.15) is 0 Å². The monoisotopic (exact) mass is 173 g/mol. The Kier molecular flexibility index (Phi) is 2.29. The average molecular weight is 174 g/mol. The summed E-state index contributed by atoms with van der Waals surface area (Å²) in [7, 11) is 0. The van der Waals surface area contributed by atoms with Gasteiger partial charge in [-0.05, 0) is 17.5 Å². The molecule has 0 bridgehead atoms. The van der Waals surface area contributed by atoms with E-state index in [-0.39, 0.29) is 11.1 Å². The van der Waals surface area contributed by atoms with Gasteiger partial charge in [-0.15, -0.1) is 0 Å². The second-order valence-electron chi connectivity index (χ2n) is 2.53. The lowest BCUT2D eigenvalue weighted by atomic mass is 10.1. The molecule has 0 aromatic carbocycles. The average Bonchev–Trinajstić information content (AvgIpc) is 2.30. The number of carbonyl (C=O) groups is 1. The van der Waals surface area contributed by atoms with Crippen molar-refractivity contribution in [1.29, 1.82) is 0 Å². The summed E-state index contributed by atoms with van der Waals surface area (Å²) >= 11 is 5.53. The van der Waals surface area contributed by atoms with E-state index in [2.05, 4.69) is 9.68 Å². The molecular weight excluding hydrogens is 166 g/mol. The van der Waals surface area contributed by atoms with Crippen molar-refractivity contribution in [2.75, 3.05) is 0 Å². The molecule has 0 unspecified atom stereocenters. The minimum Gasteiger partial charge on any atom is -0.343 e. The highest BCUT2D eigenvalue weighted by molar-refractivity contribution is 6.31. The topological polar surface area (TPSA) is 43.1 Å². The summed E-state index contributed by atoms with van der Waals surface area (Å²) in [5.74, 6) is 0.159. The third-order valence-corrected chi connectivity index (χ3v) is 1.65. The number of carbonyl (C=O) groups excluding carboxylic acids is 1. The van der Waals surface area contributed by atoms with Crippen molar-refractivity contribution in [2.45, 2.75) is 19.8 Å². The van der Waals surface area contributed by atoms with E-state index in [0.29, 0.717) is 17.5 Å². The van der Waals surface area contributed by atoms with Gasteiger partial charge in [0.25, 0.3) is 0 Å². The van der Waals surface area contributed by atoms with Crippen LogP contribution in [0.25, 0.3) is 0 Å². The van der Waals surface area contributed by atoms with Gasteiger partial charge < -0.3 is 4.52 Å². The Labute approximate surface area is 69.3 Å². The maximum atomic E-state index is 10.4. The highest BCUT2D eigenvalue weighted by Crippen LogP contribution is 2.23. The number of halogens is 1. The molecule has 0 amide bonds. The molecule has 3 nitrogen and oxygen atoms in total. The largest absolute Gasteiger partial charge is 0.343 e. The number of nitrogens with zero attached hydrogens (tertiary/aromatic N) is 1. The Balaban J connectivity index is 3.15. The fourth-order valence-electron chi connectivity index (χ4n) is 0.811. The smallest absolute Gasteiger partial charge is 0.236 e. The van der Waals surface area contributed by atoms with Crippen molar-refractivity contribution in [3.63, 3.8) is 0 Å². The number of aldehydes is 1. The van der Waals surface area contributed by atoms with E-state index >= 15 is 0 Å². The van der Waals surface area contributed by atoms with Crippen LogP contribution in [0.4, 0.5) is 0 Å². The van der Waals surface area contributed by atoms with Crippen molar-refractivity contribution >= 4 is 17.9 Å². The molecule has 0 aliphatic rings. The molecule has 0 atom stereocenters. The fourth-order valence-corrected chi connectivity index (χ4v) is 0.987. The van der Waals surface area contributed by atoms with Crippen LogP contribution in [0.2, 0.25) is 5.22 Å². The molecule has 0 N–H and O–H groups in total. The summed E-state index contributed by atoms with van der Waals surface area (Å²) in [6, 6.07) is 0. The summed E-state index contributed by atoms with van der Waals surface area (Å²) in [4.78, 5) is 10.4. The summed E-state index contributed by atoms with van der Waals surface area (Å²) < 4.78 is 4.63. The van der Waals surface area contributed by atoms with E-state index in [0.717, 1.165) is 0 Å². The van der Waals surface area contributed by atoms with Crippen LogP contribution in [0, 0.1) is 0 Å². The van der Waals surface area contributed by atoms with Crippen LogP contribution < -0.4 is 0 Å². The van der Waals surface area contributed by atoms with Gasteiger partial charge in [-0.25, -0.2) is 0 Å². The molecule has 1 heterocycles. The number of hydrogen-bond donors (Lipinski definition) is 0. The van der Waals surface area contributed by atoms with Gasteiger partial charge in [0.05, 0.1) is 11.3 Å². The normalized spacial score (nSPS) is 10.5. The van der Waals surface area contributed by atoms with Gasteiger partial charge in [-0.2, -0.15) is 0 Å². The molecule has 1 rings (SSSR count). The standard InChI is InChI=1S/C7H8ClNO2/c1-4(2)6-5(3-10)7(8)11-9-6/h3-4H,1-2H3. The van der Waals surface area contributed by atoms with E-state index in [1.165, 1.54) is 0 Å². The van der Waals surface area contributed by atoms with E-state index in [4.69, 9.17) is 11.6 Å². The minimum absolute atomic E-state index is 0.0729. The zero-order valence-corrected chi connectivity index (χ0v) is 7.05. The van der Waals surface area contributed by atoms with Crippen LogP contribution in [0.15, 0.2) is 4.52 Å². The molecule has 0 spiro atoms. The molecule has 1 aromatic rings. The maximum Gasteiger partial charge on any atom is 0.236 e. The Hall–Kier alpha value is -0.830. The SMILES string of the molecule is CC(C)c1noc(Cl)c1C=O. The van der Waals surface area contributed by atoms with Gasteiger partial charge in [0, 0.05) is 0 Å². The number of aromatic nitrogens is 1. The van der Waals surface area contributed by atoms with Crippen molar-refractivity contribution in [3.8, 4) is 0 Å². The Bertz CT molecular complexity index is 267. The molecule has 4 heteroatoms. The first kappa shape index (κ1) is 8.27. The van der Waals surface area contributed by atoms with Gasteiger partial charge in [-0.1, -0.05) is 19.0 Å². The third kappa shape index (κ3) is 1.43. The van der Waals surface area contributed by atoms with Gasteiger partial charge in [0.15, 0.2) is 6.29 Å². The summed E-state index contributed by atoms with van der Waals surface area (Å²) in [6.45, 7) is 3.84. The van der Waals surface area contributed by atoms with Crippen LogP contribution in [-0.2, 0) is 0 Å². The molecule has 0 aliphatic heterocycles. The highest BCUT2D eigenvalue weighted by Gasteiger charge is 2.15. The third-order valence-electron chi connectivity index (χ3n) is 1.38. The predicted molar refractivity (Wildman–Crippen MR) is 41.0 cm³/mol. The molecular formula is C7H8ClNO2. The zero-order valence-electron chi connectivity index (χ0n) is 6.30. The summed E-state index contributed by atoms with van der Waals surface area (Å²) in [5.41, 5.74) is 0.978. The second kappa shape index (κ2) is 3.05. The molecule has 0 radical (unpaired) electrons. The quantitative estimate of drug-likeness (QED) is 0.645. The molecule has 60 valence electrons. The number of rotatable bonds is 2. The first-order chi connectivity index (χ1) is 5.16. The molecule has 1 aromatic heterocycles. The fraction of sp³-hybridized carbons (Fsp3) is 0.429. The lowest BCUT2D eigenvalue weighted by Crippen LogP contribution is -1.92. The first-order valence-electron chi connectivity index (χ1n) is 3.27. The Morgan fingerprint density at radius 1 is 1.64 bits per heavy atom. The maximum absolute atomic E-state index is 10.4. The van der Waals surface area contributed by atoms with E-state index in [1.54, 1.807) is 0 Å². The predicted octanol–water partition coefficient (Wildman–Crippen LogP) is 2.26. The van der Waals surface area contributed by atoms with Crippen LogP contribution in [-0.4, -0.2) is 11.4 Å². The van der Waals surface area contributed by atoms with Crippen LogP contribution in [0.5, 0.6) is 0 Å². The Morgan fingerprint density at radius 2 is 2.27 bits per heavy atom. The molecule has 0 fully saturated rings. The van der Waals surface area contributed by atoms with Crippen LogP contribution in [0.1, 0.15) is 35.8 Å². The molecule has 0 aliphatic carbocycles. The van der Waals surface area contributed by atoms with Crippen LogP contribution >= 0.6 is 11.6 Å². The van der Waals surface area contributed by atoms with Crippen molar-refractivity contribution in [1.82, 2.24) is 5.16 Å². The van der Waals surface area contributed by atoms with Gasteiger partial charge in [0.2, 0.25) is 5.22 Å². The first-order valence-corrected chi connectivity index (χ1v) is 3.65. The lowest BCUT2D eigenvalue weighted by Gasteiger charge is -1.96. The van der Waals surface area contributed by atoms with Gasteiger partial charge >= 0.3 is 0 Å². The van der Waals surface area contributed by atoms with E-state index in [9.17, 15) is 4.79 Å².